The quantitative estimate of drug-likeness (QED) is 0.491. The van der Waals surface area contributed by atoms with E-state index in [1.807, 2.05) is 42.5 Å². The first-order chi connectivity index (χ1) is 12.2. The van der Waals surface area contributed by atoms with E-state index in [-0.39, 0.29) is 5.43 Å². The Morgan fingerprint density at radius 2 is 1.80 bits per heavy atom. The van der Waals surface area contributed by atoms with Gasteiger partial charge in [0.2, 0.25) is 0 Å². The molecule has 1 aliphatic heterocycles. The van der Waals surface area contributed by atoms with Crippen molar-refractivity contribution in [3.8, 4) is 11.4 Å². The lowest BCUT2D eigenvalue weighted by molar-refractivity contribution is 0.789. The van der Waals surface area contributed by atoms with Gasteiger partial charge in [-0.15, -0.1) is 0 Å². The Labute approximate surface area is 150 Å². The van der Waals surface area contributed by atoms with Gasteiger partial charge in [-0.05, 0) is 44.2 Å². The summed E-state index contributed by atoms with van der Waals surface area (Å²) in [4.78, 5) is 19.2. The van der Waals surface area contributed by atoms with Gasteiger partial charge >= 0.3 is 0 Å². The second kappa shape index (κ2) is 6.37. The highest BCUT2D eigenvalue weighted by Crippen LogP contribution is 2.31. The van der Waals surface area contributed by atoms with Crippen molar-refractivity contribution in [1.82, 2.24) is 9.55 Å². The molecular weight excluding hydrogens is 328 g/mol. The molecule has 4 heteroatoms. The first-order valence-corrected chi connectivity index (χ1v) is 9.15. The number of para-hydroxylation sites is 2. The maximum absolute atomic E-state index is 12.6. The number of hydrogen-bond donors (Lipinski definition) is 0. The number of nitrogens with zero attached hydrogens (tertiary/aromatic N) is 2. The summed E-state index contributed by atoms with van der Waals surface area (Å²) in [5, 5.41) is 0. The maximum atomic E-state index is 12.6. The summed E-state index contributed by atoms with van der Waals surface area (Å²) in [5.74, 6) is 0. The molecule has 2 aliphatic rings. The van der Waals surface area contributed by atoms with Crippen LogP contribution in [0.4, 0.5) is 0 Å². The Bertz CT molecular complexity index is 1080. The van der Waals surface area contributed by atoms with Crippen LogP contribution in [0.15, 0.2) is 75.2 Å². The molecule has 0 bridgehead atoms. The molecule has 0 atom stereocenters. The molecule has 1 heterocycles. The van der Waals surface area contributed by atoms with Gasteiger partial charge in [-0.3, -0.25) is 4.79 Å². The van der Waals surface area contributed by atoms with E-state index in [9.17, 15) is 4.79 Å². The second-order valence-corrected chi connectivity index (χ2v) is 7.16. The summed E-state index contributed by atoms with van der Waals surface area (Å²) < 4.78 is 2.15. The fraction of sp³-hybridized carbons (Fsp3) is 0.143. The first kappa shape index (κ1) is 15.9. The third kappa shape index (κ3) is 2.94. The normalized spacial score (nSPS) is 11.3. The van der Waals surface area contributed by atoms with Gasteiger partial charge in [0.15, 0.2) is 5.43 Å². The van der Waals surface area contributed by atoms with Gasteiger partial charge in [0, 0.05) is 17.5 Å². The van der Waals surface area contributed by atoms with E-state index in [2.05, 4.69) is 30.5 Å². The highest BCUT2D eigenvalue weighted by atomic mass is 32.2. The fourth-order valence-electron chi connectivity index (χ4n) is 3.04. The monoisotopic (exact) mass is 346 g/mol. The number of rotatable bonds is 3. The molecule has 0 aromatic heterocycles. The third-order valence-corrected chi connectivity index (χ3v) is 5.36. The zero-order valence-electron chi connectivity index (χ0n) is 14.2. The number of hydrogen-bond acceptors (Lipinski definition) is 3. The lowest BCUT2D eigenvalue weighted by Crippen LogP contribution is -2.12. The van der Waals surface area contributed by atoms with E-state index in [1.54, 1.807) is 6.07 Å². The molecular formula is C21H18N2OS. The molecule has 4 rings (SSSR count). The van der Waals surface area contributed by atoms with Crippen molar-refractivity contribution in [2.75, 3.05) is 0 Å². The van der Waals surface area contributed by atoms with Crippen molar-refractivity contribution in [3.05, 3.63) is 76.5 Å². The number of aryl methyl sites for hydroxylation is 2. The Balaban J connectivity index is 1.89. The van der Waals surface area contributed by atoms with Crippen molar-refractivity contribution < 1.29 is 0 Å². The van der Waals surface area contributed by atoms with E-state index < -0.39 is 0 Å². The Hall–Kier alpha value is -2.59. The molecule has 0 unspecified atom stereocenters. The van der Waals surface area contributed by atoms with E-state index >= 15 is 0 Å². The van der Waals surface area contributed by atoms with Crippen LogP contribution in [0.3, 0.4) is 0 Å². The number of benzene rings is 3. The van der Waals surface area contributed by atoms with E-state index in [4.69, 9.17) is 4.98 Å². The smallest absolute Gasteiger partial charge is 0.194 e. The zero-order chi connectivity index (χ0) is 17.4. The number of fused-ring (bicyclic) bond motifs is 2. The van der Waals surface area contributed by atoms with Gasteiger partial charge < -0.3 is 4.57 Å². The third-order valence-electron chi connectivity index (χ3n) is 4.31. The van der Waals surface area contributed by atoms with Crippen molar-refractivity contribution in [1.29, 1.82) is 0 Å². The molecule has 2 aromatic rings. The molecule has 0 saturated carbocycles. The van der Waals surface area contributed by atoms with Crippen molar-refractivity contribution in [2.45, 2.75) is 30.2 Å². The minimum absolute atomic E-state index is 0.0392. The molecule has 0 radical (unpaired) electrons. The van der Waals surface area contributed by atoms with Crippen LogP contribution in [-0.2, 0) is 6.54 Å². The van der Waals surface area contributed by atoms with Crippen molar-refractivity contribution >= 4 is 22.8 Å². The zero-order valence-corrected chi connectivity index (χ0v) is 15.0. The summed E-state index contributed by atoms with van der Waals surface area (Å²) in [6, 6.07) is 19.9. The summed E-state index contributed by atoms with van der Waals surface area (Å²) in [5.41, 5.74) is 4.99. The molecule has 1 aliphatic carbocycles. The number of aromatic nitrogens is 2. The van der Waals surface area contributed by atoms with Crippen molar-refractivity contribution in [3.63, 3.8) is 0 Å². The molecule has 2 aromatic carbocycles. The van der Waals surface area contributed by atoms with Crippen LogP contribution < -0.4 is 5.43 Å². The average molecular weight is 346 g/mol. The SMILES string of the molecule is CCn1c2cc(=O)c(Sc3ccc(C)cc3)cc-2nc2ccccc21. The van der Waals surface area contributed by atoms with Gasteiger partial charge in [-0.1, -0.05) is 41.6 Å². The minimum Gasteiger partial charge on any atom is -0.338 e. The van der Waals surface area contributed by atoms with Crippen LogP contribution in [0.2, 0.25) is 0 Å². The summed E-state index contributed by atoms with van der Waals surface area (Å²) in [6.45, 7) is 4.94. The molecule has 124 valence electrons. The van der Waals surface area contributed by atoms with E-state index in [0.717, 1.165) is 33.9 Å². The molecule has 0 N–H and O–H groups in total. The van der Waals surface area contributed by atoms with Crippen LogP contribution in [0.5, 0.6) is 0 Å². The van der Waals surface area contributed by atoms with Gasteiger partial charge in [0.1, 0.15) is 0 Å². The van der Waals surface area contributed by atoms with Crippen LogP contribution in [0, 0.1) is 6.92 Å². The van der Waals surface area contributed by atoms with E-state index in [1.165, 1.54) is 17.3 Å². The van der Waals surface area contributed by atoms with Gasteiger partial charge in [-0.2, -0.15) is 0 Å². The van der Waals surface area contributed by atoms with Crippen molar-refractivity contribution in [2.24, 2.45) is 0 Å². The van der Waals surface area contributed by atoms with Gasteiger partial charge in [0.05, 0.1) is 27.3 Å². The summed E-state index contributed by atoms with van der Waals surface area (Å²) in [7, 11) is 0. The topological polar surface area (TPSA) is 34.9 Å². The lowest BCUT2D eigenvalue weighted by atomic mass is 10.1. The summed E-state index contributed by atoms with van der Waals surface area (Å²) >= 11 is 1.49. The maximum Gasteiger partial charge on any atom is 0.194 e. The predicted molar refractivity (Wildman–Crippen MR) is 104 cm³/mol. The molecule has 0 spiro atoms. The Morgan fingerprint density at radius 1 is 1.04 bits per heavy atom. The molecule has 3 nitrogen and oxygen atoms in total. The van der Waals surface area contributed by atoms with Crippen LogP contribution in [-0.4, -0.2) is 9.55 Å². The molecule has 0 fully saturated rings. The first-order valence-electron chi connectivity index (χ1n) is 8.33. The minimum atomic E-state index is 0.0392. The predicted octanol–water partition coefficient (Wildman–Crippen LogP) is 4.98. The fourth-order valence-corrected chi connectivity index (χ4v) is 3.90. The van der Waals surface area contributed by atoms with E-state index in [0.29, 0.717) is 4.90 Å². The molecule has 25 heavy (non-hydrogen) atoms. The highest BCUT2D eigenvalue weighted by Gasteiger charge is 2.15. The van der Waals surface area contributed by atoms with Crippen LogP contribution in [0.25, 0.3) is 22.4 Å². The van der Waals surface area contributed by atoms with Gasteiger partial charge in [-0.25, -0.2) is 4.98 Å². The highest BCUT2D eigenvalue weighted by molar-refractivity contribution is 7.99. The van der Waals surface area contributed by atoms with Crippen LogP contribution >= 0.6 is 11.8 Å². The van der Waals surface area contributed by atoms with Crippen LogP contribution in [0.1, 0.15) is 12.5 Å². The summed E-state index contributed by atoms with van der Waals surface area (Å²) in [6.07, 6.45) is 0. The second-order valence-electron chi connectivity index (χ2n) is 6.05. The Kier molecular flexibility index (Phi) is 4.06. The largest absolute Gasteiger partial charge is 0.338 e. The standard InChI is InChI=1S/C21H18N2OS/c1-3-23-18-7-5-4-6-16(18)22-17-12-21(20(24)13-19(17)23)25-15-10-8-14(2)9-11-15/h4-13H,3H2,1-2H3. The lowest BCUT2D eigenvalue weighted by Gasteiger charge is -2.17. The molecule has 0 amide bonds. The molecule has 0 saturated heterocycles. The van der Waals surface area contributed by atoms with Gasteiger partial charge in [0.25, 0.3) is 0 Å². The average Bonchev–Trinajstić information content (AvgIpc) is 2.62. The Morgan fingerprint density at radius 3 is 2.56 bits per heavy atom.